The van der Waals surface area contributed by atoms with Gasteiger partial charge in [-0.25, -0.2) is 14.6 Å². The first kappa shape index (κ1) is 20.2. The van der Waals surface area contributed by atoms with E-state index in [1.54, 1.807) is 15.6 Å². The normalized spacial score (nSPS) is 11.1. The third-order valence-electron chi connectivity index (χ3n) is 5.05. The van der Waals surface area contributed by atoms with Crippen LogP contribution in [-0.2, 0) is 24.9 Å². The van der Waals surface area contributed by atoms with Crippen LogP contribution in [0.15, 0.2) is 61.6 Å². The van der Waals surface area contributed by atoms with Gasteiger partial charge in [0, 0.05) is 31.5 Å². The molecule has 0 aliphatic rings. The standard InChI is InChI=1S/C21H20N10O2/c1-29-10-16(9-26-29)15-4-2-3-14(7-15)8-22-19-17-5-6-31(20(17)24-12-23-19)28-21-27-25-13-30(21)11-18(32)33/h2-7,9-10,12-13H,8,11H2,1H3,(H,27,28)(H,32,33)(H,22,23,24). The Balaban J connectivity index is 1.35. The van der Waals surface area contributed by atoms with Crippen LogP contribution < -0.4 is 10.7 Å². The van der Waals surface area contributed by atoms with E-state index >= 15 is 0 Å². The largest absolute Gasteiger partial charge is 0.480 e. The molecule has 0 aliphatic carbocycles. The zero-order valence-corrected chi connectivity index (χ0v) is 17.6. The van der Waals surface area contributed by atoms with Gasteiger partial charge in [-0.1, -0.05) is 18.2 Å². The molecule has 12 nitrogen and oxygen atoms in total. The van der Waals surface area contributed by atoms with Crippen LogP contribution in [0.1, 0.15) is 5.56 Å². The lowest BCUT2D eigenvalue weighted by molar-refractivity contribution is -0.137. The fourth-order valence-corrected chi connectivity index (χ4v) is 3.51. The smallest absolute Gasteiger partial charge is 0.323 e. The van der Waals surface area contributed by atoms with Gasteiger partial charge in [0.15, 0.2) is 5.65 Å². The quantitative estimate of drug-likeness (QED) is 0.328. The first-order valence-corrected chi connectivity index (χ1v) is 10.1. The van der Waals surface area contributed by atoms with Crippen molar-refractivity contribution in [2.75, 3.05) is 10.7 Å². The Bertz CT molecular complexity index is 1430. The number of aliphatic carboxylic acids is 1. The molecule has 0 radical (unpaired) electrons. The average molecular weight is 444 g/mol. The van der Waals surface area contributed by atoms with Crippen molar-refractivity contribution in [1.82, 2.24) is 39.2 Å². The van der Waals surface area contributed by atoms with Crippen molar-refractivity contribution < 1.29 is 9.90 Å². The lowest BCUT2D eigenvalue weighted by Gasteiger charge is -2.10. The molecule has 0 spiro atoms. The van der Waals surface area contributed by atoms with Gasteiger partial charge in [0.1, 0.15) is 25.0 Å². The summed E-state index contributed by atoms with van der Waals surface area (Å²) in [6, 6.07) is 10.1. The monoisotopic (exact) mass is 444 g/mol. The molecule has 5 rings (SSSR count). The third kappa shape index (κ3) is 4.21. The summed E-state index contributed by atoms with van der Waals surface area (Å²) in [4.78, 5) is 19.8. The van der Waals surface area contributed by atoms with Gasteiger partial charge in [-0.15, -0.1) is 10.2 Å². The van der Waals surface area contributed by atoms with Gasteiger partial charge in [-0.2, -0.15) is 5.10 Å². The molecular weight excluding hydrogens is 424 g/mol. The highest BCUT2D eigenvalue weighted by Gasteiger charge is 2.12. The first-order valence-electron chi connectivity index (χ1n) is 10.1. The van der Waals surface area contributed by atoms with Gasteiger partial charge < -0.3 is 10.4 Å². The minimum atomic E-state index is -0.989. The lowest BCUT2D eigenvalue weighted by Crippen LogP contribution is -2.16. The molecule has 5 aromatic rings. The zero-order chi connectivity index (χ0) is 22.8. The number of fused-ring (bicyclic) bond motifs is 1. The SMILES string of the molecule is Cn1cc(-c2cccc(CNc3ncnc4c3ccn4Nc3nncn3CC(=O)O)c2)cn1. The summed E-state index contributed by atoms with van der Waals surface area (Å²) in [5.41, 5.74) is 6.89. The molecule has 166 valence electrons. The van der Waals surface area contributed by atoms with Crippen LogP contribution in [0.25, 0.3) is 22.2 Å². The van der Waals surface area contributed by atoms with Crippen LogP contribution in [-0.4, -0.2) is 50.3 Å². The fraction of sp³-hybridized carbons (Fsp3) is 0.143. The van der Waals surface area contributed by atoms with Crippen molar-refractivity contribution in [3.05, 3.63) is 67.1 Å². The second-order valence-electron chi connectivity index (χ2n) is 7.39. The minimum absolute atomic E-state index is 0.256. The second-order valence-corrected chi connectivity index (χ2v) is 7.39. The Hall–Kier alpha value is -4.74. The van der Waals surface area contributed by atoms with E-state index in [0.29, 0.717) is 18.0 Å². The number of nitrogens with one attached hydrogen (secondary N) is 2. The molecule has 0 saturated heterocycles. The molecule has 0 fully saturated rings. The van der Waals surface area contributed by atoms with Crippen molar-refractivity contribution in [2.24, 2.45) is 7.05 Å². The Morgan fingerprint density at radius 3 is 2.91 bits per heavy atom. The number of hydrogen-bond donors (Lipinski definition) is 3. The van der Waals surface area contributed by atoms with Gasteiger partial charge in [0.25, 0.3) is 0 Å². The molecule has 12 heteroatoms. The predicted octanol–water partition coefficient (Wildman–Crippen LogP) is 2.00. The number of carboxylic acid groups (broad SMARTS) is 1. The number of anilines is 2. The Labute approximate surface area is 187 Å². The maximum Gasteiger partial charge on any atom is 0.323 e. The summed E-state index contributed by atoms with van der Waals surface area (Å²) < 4.78 is 4.82. The first-order chi connectivity index (χ1) is 16.1. The lowest BCUT2D eigenvalue weighted by atomic mass is 10.1. The molecule has 0 bridgehead atoms. The van der Waals surface area contributed by atoms with Gasteiger partial charge in [0.05, 0.1) is 11.6 Å². The van der Waals surface area contributed by atoms with Gasteiger partial charge in [0.2, 0.25) is 5.95 Å². The predicted molar refractivity (Wildman–Crippen MR) is 120 cm³/mol. The van der Waals surface area contributed by atoms with E-state index < -0.39 is 5.97 Å². The van der Waals surface area contributed by atoms with Crippen molar-refractivity contribution in [2.45, 2.75) is 13.1 Å². The Kier molecular flexibility index (Phi) is 5.15. The third-order valence-corrected chi connectivity index (χ3v) is 5.05. The summed E-state index contributed by atoms with van der Waals surface area (Å²) in [6.45, 7) is 0.320. The summed E-state index contributed by atoms with van der Waals surface area (Å²) >= 11 is 0. The van der Waals surface area contributed by atoms with Crippen LogP contribution in [0.5, 0.6) is 0 Å². The maximum absolute atomic E-state index is 11.0. The van der Waals surface area contributed by atoms with E-state index in [0.717, 1.165) is 22.1 Å². The molecule has 4 heterocycles. The van der Waals surface area contributed by atoms with Crippen LogP contribution in [0.3, 0.4) is 0 Å². The van der Waals surface area contributed by atoms with E-state index in [1.807, 2.05) is 37.6 Å². The van der Waals surface area contributed by atoms with Crippen molar-refractivity contribution in [1.29, 1.82) is 0 Å². The molecule has 4 aromatic heterocycles. The van der Waals surface area contributed by atoms with E-state index in [-0.39, 0.29) is 12.5 Å². The molecule has 0 unspecified atom stereocenters. The number of nitrogens with zero attached hydrogens (tertiary/aromatic N) is 8. The summed E-state index contributed by atoms with van der Waals surface area (Å²) in [6.07, 6.45) is 8.41. The van der Waals surface area contributed by atoms with Crippen molar-refractivity contribution in [3.63, 3.8) is 0 Å². The molecule has 33 heavy (non-hydrogen) atoms. The average Bonchev–Trinajstić information content (AvgIpc) is 3.54. The van der Waals surface area contributed by atoms with E-state index in [4.69, 9.17) is 5.11 Å². The molecule has 1 aromatic carbocycles. The number of hydrogen-bond acceptors (Lipinski definition) is 8. The summed E-state index contributed by atoms with van der Waals surface area (Å²) in [5, 5.41) is 25.2. The van der Waals surface area contributed by atoms with Crippen LogP contribution in [0, 0.1) is 0 Å². The highest BCUT2D eigenvalue weighted by atomic mass is 16.4. The van der Waals surface area contributed by atoms with E-state index in [2.05, 4.69) is 48.1 Å². The minimum Gasteiger partial charge on any atom is -0.480 e. The highest BCUT2D eigenvalue weighted by molar-refractivity contribution is 5.87. The van der Waals surface area contributed by atoms with Gasteiger partial charge in [-0.3, -0.25) is 19.5 Å². The number of carbonyl (C=O) groups is 1. The molecule has 0 saturated carbocycles. The Morgan fingerprint density at radius 2 is 2.09 bits per heavy atom. The van der Waals surface area contributed by atoms with Gasteiger partial charge in [-0.05, 0) is 23.3 Å². The number of rotatable bonds is 8. The van der Waals surface area contributed by atoms with Crippen LogP contribution in [0.4, 0.5) is 11.8 Å². The number of aryl methyl sites for hydroxylation is 1. The number of aromatic nitrogens is 8. The van der Waals surface area contributed by atoms with Crippen molar-refractivity contribution in [3.8, 4) is 11.1 Å². The van der Waals surface area contributed by atoms with E-state index in [9.17, 15) is 4.79 Å². The Morgan fingerprint density at radius 1 is 1.18 bits per heavy atom. The number of benzene rings is 1. The fourth-order valence-electron chi connectivity index (χ4n) is 3.51. The molecule has 0 amide bonds. The van der Waals surface area contributed by atoms with Gasteiger partial charge >= 0.3 is 5.97 Å². The summed E-state index contributed by atoms with van der Waals surface area (Å²) in [7, 11) is 1.90. The molecule has 3 N–H and O–H groups in total. The van der Waals surface area contributed by atoms with Crippen LogP contribution >= 0.6 is 0 Å². The molecular formula is C21H20N10O2. The number of carboxylic acids is 1. The topological polar surface area (TPSA) is 141 Å². The zero-order valence-electron chi connectivity index (χ0n) is 17.6. The maximum atomic E-state index is 11.0. The second kappa shape index (κ2) is 8.42. The van der Waals surface area contributed by atoms with E-state index in [1.165, 1.54) is 17.2 Å². The summed E-state index contributed by atoms with van der Waals surface area (Å²) in [5.74, 6) is -0.0220. The highest BCUT2D eigenvalue weighted by Crippen LogP contribution is 2.23. The molecule has 0 aliphatic heterocycles. The molecule has 0 atom stereocenters. The van der Waals surface area contributed by atoms with Crippen LogP contribution in [0.2, 0.25) is 0 Å². The van der Waals surface area contributed by atoms with Crippen molar-refractivity contribution >= 4 is 28.8 Å².